The highest BCUT2D eigenvalue weighted by molar-refractivity contribution is 5.17. The molecule has 2 aromatic rings. The lowest BCUT2D eigenvalue weighted by molar-refractivity contribution is 0.343. The summed E-state index contributed by atoms with van der Waals surface area (Å²) < 4.78 is 5.24. The Hall–Kier alpha value is -1.68. The summed E-state index contributed by atoms with van der Waals surface area (Å²) in [6, 6.07) is 9.81. The zero-order valence-electron chi connectivity index (χ0n) is 11.1. The van der Waals surface area contributed by atoms with Crippen molar-refractivity contribution in [3.05, 3.63) is 47.6 Å². The third kappa shape index (κ3) is 2.96. The molecule has 0 aliphatic carbocycles. The molecule has 1 heterocycles. The van der Waals surface area contributed by atoms with Gasteiger partial charge in [0.1, 0.15) is 0 Å². The quantitative estimate of drug-likeness (QED) is 0.902. The van der Waals surface area contributed by atoms with Crippen LogP contribution >= 0.6 is 0 Å². The molecule has 0 amide bonds. The second-order valence-electron chi connectivity index (χ2n) is 5.50. The standard InChI is InChI=1S/C14H19N3O/c1-14(2,3)13-16-12(18-17-13)11(15)9-10-7-5-4-6-8-10/h4-8,11H,9,15H2,1-3H3/t11-/m0/s1. The topological polar surface area (TPSA) is 64.9 Å². The van der Waals surface area contributed by atoms with Crippen LogP contribution in [0.2, 0.25) is 0 Å². The smallest absolute Gasteiger partial charge is 0.243 e. The predicted octanol–water partition coefficient (Wildman–Crippen LogP) is 2.61. The van der Waals surface area contributed by atoms with E-state index in [1.54, 1.807) is 0 Å². The second kappa shape index (κ2) is 4.90. The Morgan fingerprint density at radius 3 is 2.44 bits per heavy atom. The first-order valence-electron chi connectivity index (χ1n) is 6.10. The molecule has 4 heteroatoms. The summed E-state index contributed by atoms with van der Waals surface area (Å²) in [4.78, 5) is 4.37. The summed E-state index contributed by atoms with van der Waals surface area (Å²) in [6.07, 6.45) is 0.701. The molecule has 0 radical (unpaired) electrons. The third-order valence-electron chi connectivity index (χ3n) is 2.73. The molecule has 0 spiro atoms. The van der Waals surface area contributed by atoms with Gasteiger partial charge in [0.2, 0.25) is 5.89 Å². The molecular weight excluding hydrogens is 226 g/mol. The Kier molecular flexibility index (Phi) is 3.48. The fraction of sp³-hybridized carbons (Fsp3) is 0.429. The first-order chi connectivity index (χ1) is 8.47. The van der Waals surface area contributed by atoms with E-state index in [-0.39, 0.29) is 11.5 Å². The minimum Gasteiger partial charge on any atom is -0.338 e. The van der Waals surface area contributed by atoms with Crippen LogP contribution in [-0.2, 0) is 11.8 Å². The van der Waals surface area contributed by atoms with Gasteiger partial charge in [-0.05, 0) is 12.0 Å². The number of benzene rings is 1. The van der Waals surface area contributed by atoms with E-state index in [4.69, 9.17) is 10.3 Å². The van der Waals surface area contributed by atoms with Crippen LogP contribution in [0.4, 0.5) is 0 Å². The highest BCUT2D eigenvalue weighted by Gasteiger charge is 2.23. The van der Waals surface area contributed by atoms with Crippen molar-refractivity contribution in [3.8, 4) is 0 Å². The Balaban J connectivity index is 2.10. The minimum absolute atomic E-state index is 0.117. The van der Waals surface area contributed by atoms with Gasteiger partial charge in [0, 0.05) is 5.41 Å². The van der Waals surface area contributed by atoms with E-state index in [1.807, 2.05) is 51.1 Å². The van der Waals surface area contributed by atoms with E-state index < -0.39 is 0 Å². The molecule has 2 N–H and O–H groups in total. The largest absolute Gasteiger partial charge is 0.338 e. The molecule has 0 bridgehead atoms. The molecule has 0 aliphatic heterocycles. The summed E-state index contributed by atoms with van der Waals surface area (Å²) in [5.74, 6) is 1.20. The number of hydrogen-bond acceptors (Lipinski definition) is 4. The van der Waals surface area contributed by atoms with Gasteiger partial charge in [0.25, 0.3) is 0 Å². The van der Waals surface area contributed by atoms with E-state index in [0.717, 1.165) is 0 Å². The lowest BCUT2D eigenvalue weighted by atomic mass is 9.96. The van der Waals surface area contributed by atoms with Gasteiger partial charge < -0.3 is 10.3 Å². The van der Waals surface area contributed by atoms with Gasteiger partial charge in [0.05, 0.1) is 6.04 Å². The van der Waals surface area contributed by atoms with Crippen LogP contribution in [0.25, 0.3) is 0 Å². The molecule has 1 atom stereocenters. The molecule has 18 heavy (non-hydrogen) atoms. The number of rotatable bonds is 3. The predicted molar refractivity (Wildman–Crippen MR) is 70.1 cm³/mol. The first kappa shape index (κ1) is 12.8. The third-order valence-corrected chi connectivity index (χ3v) is 2.73. The first-order valence-corrected chi connectivity index (χ1v) is 6.10. The van der Waals surface area contributed by atoms with Gasteiger partial charge >= 0.3 is 0 Å². The van der Waals surface area contributed by atoms with Crippen LogP contribution in [0.5, 0.6) is 0 Å². The van der Waals surface area contributed by atoms with Crippen LogP contribution in [0, 0.1) is 0 Å². The number of hydrogen-bond donors (Lipinski definition) is 1. The zero-order valence-corrected chi connectivity index (χ0v) is 11.1. The molecule has 4 nitrogen and oxygen atoms in total. The second-order valence-corrected chi connectivity index (χ2v) is 5.50. The maximum atomic E-state index is 6.09. The Morgan fingerprint density at radius 1 is 1.22 bits per heavy atom. The molecule has 0 saturated carbocycles. The van der Waals surface area contributed by atoms with Crippen molar-refractivity contribution in [2.75, 3.05) is 0 Å². The van der Waals surface area contributed by atoms with Gasteiger partial charge in [-0.2, -0.15) is 4.98 Å². The summed E-state index contributed by atoms with van der Waals surface area (Å²) in [7, 11) is 0. The van der Waals surface area contributed by atoms with Crippen LogP contribution < -0.4 is 5.73 Å². The number of nitrogens with zero attached hydrogens (tertiary/aromatic N) is 2. The van der Waals surface area contributed by atoms with Crippen molar-refractivity contribution in [1.29, 1.82) is 0 Å². The van der Waals surface area contributed by atoms with Gasteiger partial charge in [-0.1, -0.05) is 56.3 Å². The van der Waals surface area contributed by atoms with E-state index in [0.29, 0.717) is 18.1 Å². The average Bonchev–Trinajstić information content (AvgIpc) is 2.79. The Labute approximate surface area is 107 Å². The van der Waals surface area contributed by atoms with Crippen molar-refractivity contribution in [2.45, 2.75) is 38.6 Å². The van der Waals surface area contributed by atoms with Gasteiger partial charge in [-0.25, -0.2) is 0 Å². The van der Waals surface area contributed by atoms with Gasteiger partial charge in [0.15, 0.2) is 5.82 Å². The summed E-state index contributed by atoms with van der Waals surface area (Å²) in [5, 5.41) is 3.98. The van der Waals surface area contributed by atoms with E-state index in [2.05, 4.69) is 10.1 Å². The van der Waals surface area contributed by atoms with Crippen LogP contribution in [0.15, 0.2) is 34.9 Å². The fourth-order valence-corrected chi connectivity index (χ4v) is 1.65. The van der Waals surface area contributed by atoms with E-state index in [9.17, 15) is 0 Å². The average molecular weight is 245 g/mol. The summed E-state index contributed by atoms with van der Waals surface area (Å²) in [5.41, 5.74) is 7.14. The molecule has 0 saturated heterocycles. The molecule has 0 unspecified atom stereocenters. The van der Waals surface area contributed by atoms with Crippen molar-refractivity contribution >= 4 is 0 Å². The SMILES string of the molecule is CC(C)(C)c1noc([C@@H](N)Cc2ccccc2)n1. The van der Waals surface area contributed by atoms with Gasteiger partial charge in [-0.15, -0.1) is 0 Å². The van der Waals surface area contributed by atoms with Gasteiger partial charge in [-0.3, -0.25) is 0 Å². The molecular formula is C14H19N3O. The van der Waals surface area contributed by atoms with Crippen LogP contribution in [-0.4, -0.2) is 10.1 Å². The monoisotopic (exact) mass is 245 g/mol. The van der Waals surface area contributed by atoms with Crippen LogP contribution in [0.3, 0.4) is 0 Å². The molecule has 2 rings (SSSR count). The Morgan fingerprint density at radius 2 is 1.89 bits per heavy atom. The highest BCUT2D eigenvalue weighted by atomic mass is 16.5. The summed E-state index contributed by atoms with van der Waals surface area (Å²) in [6.45, 7) is 6.14. The molecule has 1 aromatic carbocycles. The zero-order chi connectivity index (χ0) is 13.2. The highest BCUT2D eigenvalue weighted by Crippen LogP contribution is 2.21. The lowest BCUT2D eigenvalue weighted by Gasteiger charge is -2.11. The molecule has 0 aliphatic rings. The van der Waals surface area contributed by atoms with Crippen molar-refractivity contribution < 1.29 is 4.52 Å². The maximum absolute atomic E-state index is 6.09. The van der Waals surface area contributed by atoms with E-state index >= 15 is 0 Å². The summed E-state index contributed by atoms with van der Waals surface area (Å²) >= 11 is 0. The normalized spacial score (nSPS) is 13.6. The van der Waals surface area contributed by atoms with Crippen molar-refractivity contribution in [3.63, 3.8) is 0 Å². The fourth-order valence-electron chi connectivity index (χ4n) is 1.65. The van der Waals surface area contributed by atoms with E-state index in [1.165, 1.54) is 5.56 Å². The van der Waals surface area contributed by atoms with Crippen molar-refractivity contribution in [1.82, 2.24) is 10.1 Å². The van der Waals surface area contributed by atoms with Crippen molar-refractivity contribution in [2.24, 2.45) is 5.73 Å². The minimum atomic E-state index is -0.254. The number of nitrogens with two attached hydrogens (primary N) is 1. The maximum Gasteiger partial charge on any atom is 0.243 e. The number of aromatic nitrogens is 2. The molecule has 0 fully saturated rings. The Bertz CT molecular complexity index is 499. The molecule has 1 aromatic heterocycles. The van der Waals surface area contributed by atoms with Crippen LogP contribution in [0.1, 0.15) is 44.1 Å². The lowest BCUT2D eigenvalue weighted by Crippen LogP contribution is -2.16. The molecule has 96 valence electrons.